The van der Waals surface area contributed by atoms with Gasteiger partial charge in [-0.2, -0.15) is 0 Å². The van der Waals surface area contributed by atoms with Crippen molar-refractivity contribution in [3.63, 3.8) is 0 Å². The number of primary amides is 1. The number of ether oxygens (including phenoxy) is 2. The predicted octanol–water partition coefficient (Wildman–Crippen LogP) is 4.07. The molecular weight excluding hydrogens is 432 g/mol. The van der Waals surface area contributed by atoms with Crippen LogP contribution in [0.3, 0.4) is 0 Å². The van der Waals surface area contributed by atoms with E-state index >= 15 is 0 Å². The van der Waals surface area contributed by atoms with Gasteiger partial charge >= 0.3 is 0 Å². The summed E-state index contributed by atoms with van der Waals surface area (Å²) in [6, 6.07) is 20.5. The number of nitrogens with two attached hydrogens (primary N) is 1. The first-order chi connectivity index (χ1) is 16.4. The molecule has 1 saturated heterocycles. The van der Waals surface area contributed by atoms with Gasteiger partial charge in [-0.1, -0.05) is 24.3 Å². The van der Waals surface area contributed by atoms with E-state index in [1.807, 2.05) is 6.07 Å². The molecule has 172 valence electrons. The van der Waals surface area contributed by atoms with Gasteiger partial charge in [0.15, 0.2) is 0 Å². The molecule has 1 aliphatic heterocycles. The number of nitrogens with one attached hydrogen (secondary N) is 2. The summed E-state index contributed by atoms with van der Waals surface area (Å²) >= 11 is 0. The molecule has 0 unspecified atom stereocenters. The lowest BCUT2D eigenvalue weighted by atomic mass is 10.1. The van der Waals surface area contributed by atoms with E-state index in [-0.39, 0.29) is 17.7 Å². The Morgan fingerprint density at radius 2 is 1.56 bits per heavy atom. The SMILES string of the molecule is N=C(OC(=N)c1ccc(Oc2cc(C(N)=O)ccc2CN2CCCC2=O)cc1)c1ccccc1. The van der Waals surface area contributed by atoms with Crippen molar-refractivity contribution in [1.82, 2.24) is 4.90 Å². The molecule has 0 radical (unpaired) electrons. The number of amides is 2. The van der Waals surface area contributed by atoms with Crippen LogP contribution in [0.5, 0.6) is 11.5 Å². The van der Waals surface area contributed by atoms with E-state index in [2.05, 4.69) is 0 Å². The Morgan fingerprint density at radius 1 is 0.912 bits per heavy atom. The Labute approximate surface area is 196 Å². The molecule has 2 amide bonds. The van der Waals surface area contributed by atoms with Crippen molar-refractivity contribution >= 4 is 23.6 Å². The molecule has 4 rings (SSSR count). The van der Waals surface area contributed by atoms with E-state index in [9.17, 15) is 9.59 Å². The number of rotatable bonds is 7. The van der Waals surface area contributed by atoms with Crippen LogP contribution in [0.4, 0.5) is 0 Å². The normalized spacial score (nSPS) is 12.9. The monoisotopic (exact) mass is 456 g/mol. The summed E-state index contributed by atoms with van der Waals surface area (Å²) in [6.45, 7) is 1.07. The van der Waals surface area contributed by atoms with Gasteiger partial charge in [-0.15, -0.1) is 0 Å². The van der Waals surface area contributed by atoms with Crippen molar-refractivity contribution in [3.8, 4) is 11.5 Å². The highest BCUT2D eigenvalue weighted by molar-refractivity contribution is 6.04. The third kappa shape index (κ3) is 5.29. The van der Waals surface area contributed by atoms with Gasteiger partial charge in [0.1, 0.15) is 11.5 Å². The van der Waals surface area contributed by atoms with Crippen molar-refractivity contribution in [2.24, 2.45) is 5.73 Å². The maximum Gasteiger partial charge on any atom is 0.248 e. The summed E-state index contributed by atoms with van der Waals surface area (Å²) in [5, 5.41) is 16.2. The Balaban J connectivity index is 1.49. The van der Waals surface area contributed by atoms with E-state index in [0.717, 1.165) is 12.0 Å². The summed E-state index contributed by atoms with van der Waals surface area (Å²) in [7, 11) is 0. The van der Waals surface area contributed by atoms with Crippen molar-refractivity contribution in [3.05, 3.63) is 95.1 Å². The van der Waals surface area contributed by atoms with Crippen LogP contribution in [0.15, 0.2) is 72.8 Å². The van der Waals surface area contributed by atoms with Crippen LogP contribution in [0, 0.1) is 10.8 Å². The largest absolute Gasteiger partial charge is 0.457 e. The Kier molecular flexibility index (Phi) is 6.68. The van der Waals surface area contributed by atoms with Crippen LogP contribution in [0.1, 0.15) is 39.9 Å². The van der Waals surface area contributed by atoms with Crippen LogP contribution in [0.25, 0.3) is 0 Å². The summed E-state index contributed by atoms with van der Waals surface area (Å²) < 4.78 is 11.4. The summed E-state index contributed by atoms with van der Waals surface area (Å²) in [4.78, 5) is 25.5. The standard InChI is InChI=1S/C26H24N4O4/c27-24(32)19-8-9-20(16-30-14-4-7-23(30)31)22(15-19)33-21-12-10-18(11-13-21)26(29)34-25(28)17-5-2-1-3-6-17/h1-3,5-6,8-13,15,28-29H,4,7,14,16H2,(H2,27,32). The van der Waals surface area contributed by atoms with Gasteiger partial charge in [0.05, 0.1) is 0 Å². The Bertz CT molecular complexity index is 1240. The molecule has 34 heavy (non-hydrogen) atoms. The first kappa shape index (κ1) is 22.7. The molecule has 8 nitrogen and oxygen atoms in total. The van der Waals surface area contributed by atoms with Gasteiger partial charge in [-0.25, -0.2) is 0 Å². The fourth-order valence-electron chi connectivity index (χ4n) is 3.62. The predicted molar refractivity (Wildman–Crippen MR) is 127 cm³/mol. The van der Waals surface area contributed by atoms with Crippen LogP contribution in [-0.4, -0.2) is 35.1 Å². The molecule has 3 aromatic carbocycles. The minimum atomic E-state index is -0.574. The van der Waals surface area contributed by atoms with Crippen LogP contribution in [-0.2, 0) is 16.1 Å². The third-order valence-corrected chi connectivity index (χ3v) is 5.47. The van der Waals surface area contributed by atoms with Crippen molar-refractivity contribution in [1.29, 1.82) is 10.8 Å². The second kappa shape index (κ2) is 9.99. The van der Waals surface area contributed by atoms with Crippen LogP contribution < -0.4 is 10.5 Å². The van der Waals surface area contributed by atoms with Gasteiger partial charge < -0.3 is 20.1 Å². The molecule has 3 aromatic rings. The number of carbonyl (C=O) groups is 2. The molecule has 0 aliphatic carbocycles. The van der Waals surface area contributed by atoms with E-state index in [1.165, 1.54) is 0 Å². The topological polar surface area (TPSA) is 130 Å². The number of nitrogens with zero attached hydrogens (tertiary/aromatic N) is 1. The molecule has 0 spiro atoms. The quantitative estimate of drug-likeness (QED) is 0.365. The molecular formula is C26H24N4O4. The second-order valence-electron chi connectivity index (χ2n) is 7.86. The van der Waals surface area contributed by atoms with Gasteiger partial charge in [-0.05, 0) is 55.0 Å². The van der Waals surface area contributed by atoms with E-state index in [0.29, 0.717) is 47.7 Å². The van der Waals surface area contributed by atoms with Gasteiger partial charge in [-0.3, -0.25) is 20.4 Å². The smallest absolute Gasteiger partial charge is 0.248 e. The lowest BCUT2D eigenvalue weighted by Crippen LogP contribution is -2.24. The third-order valence-electron chi connectivity index (χ3n) is 5.47. The molecule has 1 aliphatic rings. The number of hydrogen-bond donors (Lipinski definition) is 3. The number of likely N-dealkylation sites (tertiary alicyclic amines) is 1. The van der Waals surface area contributed by atoms with Crippen molar-refractivity contribution in [2.45, 2.75) is 19.4 Å². The lowest BCUT2D eigenvalue weighted by molar-refractivity contribution is -0.128. The molecule has 8 heteroatoms. The maximum absolute atomic E-state index is 12.1. The molecule has 0 aromatic heterocycles. The summed E-state index contributed by atoms with van der Waals surface area (Å²) in [5.74, 6) is 0.148. The lowest BCUT2D eigenvalue weighted by Gasteiger charge is -2.19. The highest BCUT2D eigenvalue weighted by Gasteiger charge is 2.22. The zero-order chi connectivity index (χ0) is 24.1. The Morgan fingerprint density at radius 3 is 2.18 bits per heavy atom. The van der Waals surface area contributed by atoms with Gasteiger partial charge in [0.2, 0.25) is 23.6 Å². The summed E-state index contributed by atoms with van der Waals surface area (Å²) in [6.07, 6.45) is 1.36. The molecule has 0 saturated carbocycles. The van der Waals surface area contributed by atoms with E-state index < -0.39 is 5.91 Å². The summed E-state index contributed by atoms with van der Waals surface area (Å²) in [5.41, 5.74) is 7.55. The highest BCUT2D eigenvalue weighted by atomic mass is 16.5. The van der Waals surface area contributed by atoms with Crippen LogP contribution >= 0.6 is 0 Å². The fraction of sp³-hybridized carbons (Fsp3) is 0.154. The minimum absolute atomic E-state index is 0.0915. The number of carbonyl (C=O) groups excluding carboxylic acids is 2. The number of hydrogen-bond acceptors (Lipinski definition) is 6. The van der Waals surface area contributed by atoms with Crippen LogP contribution in [0.2, 0.25) is 0 Å². The first-order valence-electron chi connectivity index (χ1n) is 10.8. The highest BCUT2D eigenvalue weighted by Crippen LogP contribution is 2.29. The molecule has 0 atom stereocenters. The van der Waals surface area contributed by atoms with Crippen molar-refractivity contribution < 1.29 is 19.1 Å². The first-order valence-corrected chi connectivity index (χ1v) is 10.8. The number of benzene rings is 3. The molecule has 1 fully saturated rings. The minimum Gasteiger partial charge on any atom is -0.457 e. The molecule has 1 heterocycles. The van der Waals surface area contributed by atoms with E-state index in [4.69, 9.17) is 26.0 Å². The fourth-order valence-corrected chi connectivity index (χ4v) is 3.62. The zero-order valence-corrected chi connectivity index (χ0v) is 18.4. The van der Waals surface area contributed by atoms with Crippen molar-refractivity contribution in [2.75, 3.05) is 6.54 Å². The second-order valence-corrected chi connectivity index (χ2v) is 7.86. The zero-order valence-electron chi connectivity index (χ0n) is 18.4. The molecule has 4 N–H and O–H groups in total. The average Bonchev–Trinajstić information content (AvgIpc) is 3.25. The Hall–Kier alpha value is -4.46. The van der Waals surface area contributed by atoms with E-state index in [1.54, 1.807) is 71.6 Å². The average molecular weight is 457 g/mol. The van der Waals surface area contributed by atoms with Gasteiger partial charge in [0.25, 0.3) is 0 Å². The van der Waals surface area contributed by atoms with Gasteiger partial charge in [0, 0.05) is 41.8 Å². The molecule has 0 bridgehead atoms. The maximum atomic E-state index is 12.1.